The molecule has 10 heteroatoms. The van der Waals surface area contributed by atoms with Crippen LogP contribution in [0.3, 0.4) is 0 Å². The van der Waals surface area contributed by atoms with Gasteiger partial charge in [0.25, 0.3) is 0 Å². The van der Waals surface area contributed by atoms with E-state index >= 15 is 0 Å². The predicted molar refractivity (Wildman–Crippen MR) is 57.0 cm³/mol. The summed E-state index contributed by atoms with van der Waals surface area (Å²) in [6, 6.07) is 0. The summed E-state index contributed by atoms with van der Waals surface area (Å²) in [6.45, 7) is -1.17. The van der Waals surface area contributed by atoms with Crippen molar-refractivity contribution in [2.24, 2.45) is 5.41 Å². The molecule has 1 unspecified atom stereocenters. The lowest BCUT2D eigenvalue weighted by Gasteiger charge is -2.25. The molecule has 1 atom stereocenters. The second kappa shape index (κ2) is 6.99. The van der Waals surface area contributed by atoms with Crippen LogP contribution in [0.5, 0.6) is 0 Å². The highest BCUT2D eigenvalue weighted by Gasteiger charge is 2.40. The van der Waals surface area contributed by atoms with Gasteiger partial charge in [-0.15, -0.1) is 0 Å². The lowest BCUT2D eigenvalue weighted by atomic mass is 9.84. The fraction of sp³-hybridized carbons (Fsp3) is 0.818. The van der Waals surface area contributed by atoms with Crippen molar-refractivity contribution < 1.29 is 45.4 Å². The fourth-order valence-electron chi connectivity index (χ4n) is 1.20. The van der Waals surface area contributed by atoms with Crippen molar-refractivity contribution in [2.45, 2.75) is 39.0 Å². The third kappa shape index (κ3) is 8.41. The van der Waals surface area contributed by atoms with E-state index < -0.39 is 49.3 Å². The summed E-state index contributed by atoms with van der Waals surface area (Å²) in [5.41, 5.74) is -1.69. The van der Waals surface area contributed by atoms with E-state index in [0.29, 0.717) is 0 Å². The number of hydrogen-bond donors (Lipinski definition) is 0. The Kier molecular flexibility index (Phi) is 6.50. The van der Waals surface area contributed by atoms with Crippen molar-refractivity contribution in [1.82, 2.24) is 0 Å². The van der Waals surface area contributed by atoms with Gasteiger partial charge >= 0.3 is 24.3 Å². The first-order chi connectivity index (χ1) is 9.29. The molecule has 0 fully saturated rings. The maximum absolute atomic E-state index is 11.9. The highest BCUT2D eigenvalue weighted by Crippen LogP contribution is 2.29. The molecule has 0 aliphatic heterocycles. The molecule has 0 aliphatic rings. The SMILES string of the molecule is CCC(C)(CC(=O)OCC(F)(F)F)C(=O)OCC(F)(F)F. The van der Waals surface area contributed by atoms with Crippen LogP contribution in [0, 0.1) is 5.41 Å². The molecular weight excluding hydrogens is 310 g/mol. The smallest absolute Gasteiger partial charge is 0.422 e. The van der Waals surface area contributed by atoms with Crippen LogP contribution in [-0.2, 0) is 19.1 Å². The highest BCUT2D eigenvalue weighted by atomic mass is 19.4. The van der Waals surface area contributed by atoms with Gasteiger partial charge in [0.05, 0.1) is 11.8 Å². The van der Waals surface area contributed by atoms with Gasteiger partial charge in [0.2, 0.25) is 0 Å². The first kappa shape index (κ1) is 19.5. The normalized spacial score (nSPS) is 15.2. The zero-order valence-corrected chi connectivity index (χ0v) is 11.2. The Morgan fingerprint density at radius 3 is 1.71 bits per heavy atom. The van der Waals surface area contributed by atoms with E-state index in [1.807, 2.05) is 0 Å². The first-order valence-electron chi connectivity index (χ1n) is 5.75. The van der Waals surface area contributed by atoms with E-state index in [1.165, 1.54) is 6.92 Å². The zero-order valence-electron chi connectivity index (χ0n) is 11.2. The number of esters is 2. The van der Waals surface area contributed by atoms with Crippen LogP contribution in [0.25, 0.3) is 0 Å². The molecule has 0 aromatic heterocycles. The zero-order chi connectivity index (χ0) is 16.9. The van der Waals surface area contributed by atoms with Crippen molar-refractivity contribution in [3.05, 3.63) is 0 Å². The van der Waals surface area contributed by atoms with Gasteiger partial charge in [0.1, 0.15) is 0 Å². The van der Waals surface area contributed by atoms with Crippen LogP contribution < -0.4 is 0 Å². The molecule has 0 amide bonds. The molecule has 0 rings (SSSR count). The molecule has 0 saturated heterocycles. The number of hydrogen-bond acceptors (Lipinski definition) is 4. The molecular formula is C11H14F6O4. The summed E-state index contributed by atoms with van der Waals surface area (Å²) >= 11 is 0. The maximum Gasteiger partial charge on any atom is 0.422 e. The average molecular weight is 324 g/mol. The minimum atomic E-state index is -4.74. The van der Waals surface area contributed by atoms with Gasteiger partial charge in [-0.3, -0.25) is 9.59 Å². The van der Waals surface area contributed by atoms with Gasteiger partial charge in [0.15, 0.2) is 13.2 Å². The minimum Gasteiger partial charge on any atom is -0.456 e. The number of halogens is 6. The largest absolute Gasteiger partial charge is 0.456 e. The van der Waals surface area contributed by atoms with E-state index in [1.54, 1.807) is 0 Å². The van der Waals surface area contributed by atoms with Crippen molar-refractivity contribution >= 4 is 11.9 Å². The van der Waals surface area contributed by atoms with Gasteiger partial charge in [0, 0.05) is 0 Å². The third-order valence-electron chi connectivity index (χ3n) is 2.57. The molecule has 0 radical (unpaired) electrons. The molecule has 0 aromatic carbocycles. The second-order valence-corrected chi connectivity index (χ2v) is 4.56. The van der Waals surface area contributed by atoms with Crippen molar-refractivity contribution in [2.75, 3.05) is 13.2 Å². The molecule has 0 heterocycles. The van der Waals surface area contributed by atoms with Gasteiger partial charge in [-0.25, -0.2) is 0 Å². The number of alkyl halides is 6. The number of carbonyl (C=O) groups is 2. The van der Waals surface area contributed by atoms with Crippen molar-refractivity contribution in [3.8, 4) is 0 Å². The molecule has 0 aromatic rings. The Morgan fingerprint density at radius 2 is 1.33 bits per heavy atom. The number of carbonyl (C=O) groups excluding carboxylic acids is 2. The van der Waals surface area contributed by atoms with E-state index in [9.17, 15) is 35.9 Å². The van der Waals surface area contributed by atoms with Crippen LogP contribution in [-0.4, -0.2) is 37.5 Å². The molecule has 124 valence electrons. The lowest BCUT2D eigenvalue weighted by Crippen LogP contribution is -2.35. The number of rotatable bonds is 6. The Balaban J connectivity index is 4.58. The summed E-state index contributed by atoms with van der Waals surface area (Å²) in [7, 11) is 0. The van der Waals surface area contributed by atoms with Crippen LogP contribution in [0.15, 0.2) is 0 Å². The minimum absolute atomic E-state index is 0.106. The highest BCUT2D eigenvalue weighted by molar-refractivity contribution is 5.83. The molecule has 0 spiro atoms. The molecule has 0 aliphatic carbocycles. The maximum atomic E-state index is 11.9. The Labute approximate surface area is 116 Å². The monoisotopic (exact) mass is 324 g/mol. The third-order valence-corrected chi connectivity index (χ3v) is 2.57. The summed E-state index contributed by atoms with van der Waals surface area (Å²) in [6.07, 6.45) is -10.4. The molecule has 0 saturated carbocycles. The summed E-state index contributed by atoms with van der Waals surface area (Å²) in [5.74, 6) is -2.67. The van der Waals surface area contributed by atoms with Crippen molar-refractivity contribution in [1.29, 1.82) is 0 Å². The Bertz CT molecular complexity index is 376. The second-order valence-electron chi connectivity index (χ2n) is 4.56. The summed E-state index contributed by atoms with van der Waals surface area (Å²) < 4.78 is 79.2. The Morgan fingerprint density at radius 1 is 0.905 bits per heavy atom. The molecule has 21 heavy (non-hydrogen) atoms. The van der Waals surface area contributed by atoms with Gasteiger partial charge in [-0.05, 0) is 13.3 Å². The van der Waals surface area contributed by atoms with Gasteiger partial charge in [-0.1, -0.05) is 6.92 Å². The van der Waals surface area contributed by atoms with Crippen LogP contribution in [0.2, 0.25) is 0 Å². The predicted octanol–water partition coefficient (Wildman–Crippen LogP) is 3.00. The van der Waals surface area contributed by atoms with Gasteiger partial charge in [-0.2, -0.15) is 26.3 Å². The van der Waals surface area contributed by atoms with E-state index in [2.05, 4.69) is 9.47 Å². The Hall–Kier alpha value is -1.48. The summed E-state index contributed by atoms with van der Waals surface area (Å²) in [5, 5.41) is 0. The molecule has 0 bridgehead atoms. The van der Waals surface area contributed by atoms with Crippen molar-refractivity contribution in [3.63, 3.8) is 0 Å². The molecule has 4 nitrogen and oxygen atoms in total. The lowest BCUT2D eigenvalue weighted by molar-refractivity contribution is -0.197. The van der Waals surface area contributed by atoms with E-state index in [4.69, 9.17) is 0 Å². The quantitative estimate of drug-likeness (QED) is 0.557. The van der Waals surface area contributed by atoms with Gasteiger partial charge < -0.3 is 9.47 Å². The molecule has 0 N–H and O–H groups in total. The van der Waals surface area contributed by atoms with Crippen LogP contribution in [0.1, 0.15) is 26.7 Å². The first-order valence-corrected chi connectivity index (χ1v) is 5.75. The van der Waals surface area contributed by atoms with E-state index in [-0.39, 0.29) is 6.42 Å². The van der Waals surface area contributed by atoms with E-state index in [0.717, 1.165) is 6.92 Å². The summed E-state index contributed by atoms with van der Waals surface area (Å²) in [4.78, 5) is 22.7. The standard InChI is InChI=1S/C11H14F6O4/c1-3-9(2,8(19)21-6-11(15,16)17)4-7(18)20-5-10(12,13)14/h3-6H2,1-2H3. The topological polar surface area (TPSA) is 52.6 Å². The van der Waals surface area contributed by atoms with Crippen LogP contribution in [0.4, 0.5) is 26.3 Å². The average Bonchev–Trinajstić information content (AvgIpc) is 2.31. The fourth-order valence-corrected chi connectivity index (χ4v) is 1.20. The number of ether oxygens (including phenoxy) is 2. The van der Waals surface area contributed by atoms with Crippen LogP contribution >= 0.6 is 0 Å².